The molecule has 0 bridgehead atoms. The number of fused-ring (bicyclic) bond motifs is 2. The Labute approximate surface area is 143 Å². The highest BCUT2D eigenvalue weighted by Gasteiger charge is 2.16. The Morgan fingerprint density at radius 3 is 2.76 bits per heavy atom. The van der Waals surface area contributed by atoms with Gasteiger partial charge in [0.15, 0.2) is 11.5 Å². The van der Waals surface area contributed by atoms with E-state index in [0.29, 0.717) is 16.9 Å². The molecule has 2 aromatic carbocycles. The summed E-state index contributed by atoms with van der Waals surface area (Å²) in [5, 5.41) is 8.69. The van der Waals surface area contributed by atoms with E-state index in [4.69, 9.17) is 0 Å². The fraction of sp³-hybridized carbons (Fsp3) is 0.105. The zero-order valence-corrected chi connectivity index (χ0v) is 13.7. The van der Waals surface area contributed by atoms with E-state index in [2.05, 4.69) is 15.4 Å². The van der Waals surface area contributed by atoms with Gasteiger partial charge >= 0.3 is 0 Å². The van der Waals surface area contributed by atoms with Crippen molar-refractivity contribution in [1.82, 2.24) is 14.8 Å². The van der Waals surface area contributed by atoms with Crippen LogP contribution >= 0.6 is 0 Å². The monoisotopic (exact) mass is 334 g/mol. The van der Waals surface area contributed by atoms with Gasteiger partial charge in [-0.2, -0.15) is 5.10 Å². The third-order valence-electron chi connectivity index (χ3n) is 4.11. The SMILES string of the molecule is Cc1ccc2nc3c(cc2c1)c(NC(=O)c1ccccc1F)nn3C. The molecule has 0 saturated heterocycles. The molecule has 0 saturated carbocycles. The molecular formula is C19H15FN4O. The summed E-state index contributed by atoms with van der Waals surface area (Å²) < 4.78 is 15.4. The lowest BCUT2D eigenvalue weighted by Gasteiger charge is -2.04. The minimum Gasteiger partial charge on any atom is -0.304 e. The molecule has 4 rings (SSSR count). The highest BCUT2D eigenvalue weighted by Crippen LogP contribution is 2.26. The Morgan fingerprint density at radius 2 is 1.96 bits per heavy atom. The maximum atomic E-state index is 13.8. The molecule has 5 nitrogen and oxygen atoms in total. The van der Waals surface area contributed by atoms with Crippen LogP contribution in [0.1, 0.15) is 15.9 Å². The minimum atomic E-state index is -0.570. The van der Waals surface area contributed by atoms with Gasteiger partial charge in [0.05, 0.1) is 16.5 Å². The molecule has 1 amide bonds. The third kappa shape index (κ3) is 2.61. The molecule has 0 atom stereocenters. The Hall–Kier alpha value is -3.28. The molecular weight excluding hydrogens is 319 g/mol. The van der Waals surface area contributed by atoms with Crippen LogP contribution in [0.15, 0.2) is 48.5 Å². The highest BCUT2D eigenvalue weighted by molar-refractivity contribution is 6.09. The molecule has 4 aromatic rings. The largest absolute Gasteiger partial charge is 0.304 e. The van der Waals surface area contributed by atoms with Crippen LogP contribution in [0.2, 0.25) is 0 Å². The highest BCUT2D eigenvalue weighted by atomic mass is 19.1. The van der Waals surface area contributed by atoms with Gasteiger partial charge < -0.3 is 5.32 Å². The first-order chi connectivity index (χ1) is 12.0. The van der Waals surface area contributed by atoms with Gasteiger partial charge in [-0.1, -0.05) is 23.8 Å². The topological polar surface area (TPSA) is 59.8 Å². The Balaban J connectivity index is 1.82. The molecule has 0 aliphatic heterocycles. The lowest BCUT2D eigenvalue weighted by atomic mass is 10.1. The minimum absolute atomic E-state index is 0.0223. The van der Waals surface area contributed by atoms with Gasteiger partial charge in [0.25, 0.3) is 5.91 Å². The van der Waals surface area contributed by atoms with Crippen LogP contribution in [0.25, 0.3) is 21.9 Å². The second kappa shape index (κ2) is 5.66. The molecule has 0 unspecified atom stereocenters. The van der Waals surface area contributed by atoms with Gasteiger partial charge in [-0.05, 0) is 37.3 Å². The smallest absolute Gasteiger partial charge is 0.259 e. The molecule has 0 radical (unpaired) electrons. The van der Waals surface area contributed by atoms with E-state index in [9.17, 15) is 9.18 Å². The number of aromatic nitrogens is 3. The van der Waals surface area contributed by atoms with E-state index < -0.39 is 11.7 Å². The van der Waals surface area contributed by atoms with Crippen LogP contribution in [-0.2, 0) is 7.05 Å². The fourth-order valence-corrected chi connectivity index (χ4v) is 2.87. The van der Waals surface area contributed by atoms with Crippen LogP contribution in [0.4, 0.5) is 10.2 Å². The van der Waals surface area contributed by atoms with Crippen molar-refractivity contribution >= 4 is 33.7 Å². The van der Waals surface area contributed by atoms with Crippen molar-refractivity contribution in [2.45, 2.75) is 6.92 Å². The molecule has 1 N–H and O–H groups in total. The van der Waals surface area contributed by atoms with E-state index in [0.717, 1.165) is 16.5 Å². The van der Waals surface area contributed by atoms with Crippen molar-refractivity contribution in [2.75, 3.05) is 5.32 Å². The number of hydrogen-bond donors (Lipinski definition) is 1. The first kappa shape index (κ1) is 15.3. The molecule has 0 aliphatic carbocycles. The van der Waals surface area contributed by atoms with E-state index >= 15 is 0 Å². The van der Waals surface area contributed by atoms with Crippen molar-refractivity contribution in [3.63, 3.8) is 0 Å². The van der Waals surface area contributed by atoms with Crippen molar-refractivity contribution in [3.8, 4) is 0 Å². The standard InChI is InChI=1S/C19H15FN4O/c1-11-7-8-16-12(9-11)10-14-17(23-24(2)18(14)21-16)22-19(25)13-5-3-4-6-15(13)20/h3-10H,1-2H3,(H,22,23,25). The summed E-state index contributed by atoms with van der Waals surface area (Å²) in [6.07, 6.45) is 0. The van der Waals surface area contributed by atoms with Gasteiger partial charge in [0, 0.05) is 12.4 Å². The Kier molecular flexibility index (Phi) is 3.46. The molecule has 124 valence electrons. The first-order valence-electron chi connectivity index (χ1n) is 7.83. The lowest BCUT2D eigenvalue weighted by molar-refractivity contribution is 0.102. The number of halogens is 1. The summed E-state index contributed by atoms with van der Waals surface area (Å²) in [6.45, 7) is 2.01. The normalized spacial score (nSPS) is 11.2. The van der Waals surface area contributed by atoms with Gasteiger partial charge in [-0.15, -0.1) is 0 Å². The van der Waals surface area contributed by atoms with Gasteiger partial charge in [0.1, 0.15) is 5.82 Å². The van der Waals surface area contributed by atoms with Crippen molar-refractivity contribution in [2.24, 2.45) is 7.05 Å². The summed E-state index contributed by atoms with van der Waals surface area (Å²) in [5.74, 6) is -0.747. The fourth-order valence-electron chi connectivity index (χ4n) is 2.87. The summed E-state index contributed by atoms with van der Waals surface area (Å²) in [5.41, 5.74) is 2.61. The molecule has 25 heavy (non-hydrogen) atoms. The number of aryl methyl sites for hydroxylation is 2. The number of nitrogens with zero attached hydrogens (tertiary/aromatic N) is 3. The maximum Gasteiger partial charge on any atom is 0.259 e. The lowest BCUT2D eigenvalue weighted by Crippen LogP contribution is -2.14. The number of nitrogens with one attached hydrogen (secondary N) is 1. The van der Waals surface area contributed by atoms with Gasteiger partial charge in [-0.3, -0.25) is 4.79 Å². The Morgan fingerprint density at radius 1 is 1.16 bits per heavy atom. The number of carbonyl (C=O) groups excluding carboxylic acids is 1. The van der Waals surface area contributed by atoms with Crippen LogP contribution in [0.3, 0.4) is 0 Å². The third-order valence-corrected chi connectivity index (χ3v) is 4.11. The van der Waals surface area contributed by atoms with E-state index in [1.54, 1.807) is 23.9 Å². The number of rotatable bonds is 2. The number of pyridine rings is 1. The quantitative estimate of drug-likeness (QED) is 0.606. The number of amides is 1. The van der Waals surface area contributed by atoms with Crippen molar-refractivity contribution in [3.05, 3.63) is 65.5 Å². The van der Waals surface area contributed by atoms with Crippen LogP contribution in [-0.4, -0.2) is 20.7 Å². The number of carbonyl (C=O) groups is 1. The van der Waals surface area contributed by atoms with Gasteiger partial charge in [0.2, 0.25) is 0 Å². The molecule has 2 aromatic heterocycles. The molecule has 6 heteroatoms. The van der Waals surface area contributed by atoms with Gasteiger partial charge in [-0.25, -0.2) is 14.1 Å². The van der Waals surface area contributed by atoms with Crippen LogP contribution < -0.4 is 5.32 Å². The molecule has 2 heterocycles. The van der Waals surface area contributed by atoms with E-state index in [1.165, 1.54) is 12.1 Å². The average molecular weight is 334 g/mol. The van der Waals surface area contributed by atoms with Crippen LogP contribution in [0, 0.1) is 12.7 Å². The number of anilines is 1. The second-order valence-electron chi connectivity index (χ2n) is 5.96. The maximum absolute atomic E-state index is 13.8. The summed E-state index contributed by atoms with van der Waals surface area (Å²) >= 11 is 0. The zero-order chi connectivity index (χ0) is 17.6. The first-order valence-corrected chi connectivity index (χ1v) is 7.83. The molecule has 0 spiro atoms. The van der Waals surface area contributed by atoms with Crippen molar-refractivity contribution < 1.29 is 9.18 Å². The van der Waals surface area contributed by atoms with Crippen LogP contribution in [0.5, 0.6) is 0 Å². The predicted molar refractivity (Wildman–Crippen MR) is 95.1 cm³/mol. The summed E-state index contributed by atoms with van der Waals surface area (Å²) in [4.78, 5) is 17.0. The Bertz CT molecular complexity index is 1130. The molecule has 0 aliphatic rings. The second-order valence-corrected chi connectivity index (χ2v) is 5.96. The van der Waals surface area contributed by atoms with E-state index in [1.807, 2.05) is 31.2 Å². The molecule has 0 fully saturated rings. The summed E-state index contributed by atoms with van der Waals surface area (Å²) in [7, 11) is 1.76. The number of hydrogen-bond acceptors (Lipinski definition) is 3. The predicted octanol–water partition coefficient (Wildman–Crippen LogP) is 3.82. The summed E-state index contributed by atoms with van der Waals surface area (Å²) in [6, 6.07) is 13.8. The van der Waals surface area contributed by atoms with E-state index in [-0.39, 0.29) is 5.56 Å². The average Bonchev–Trinajstić information content (AvgIpc) is 2.88. The zero-order valence-electron chi connectivity index (χ0n) is 13.7. The van der Waals surface area contributed by atoms with Crippen molar-refractivity contribution in [1.29, 1.82) is 0 Å². The number of benzene rings is 2.